The third kappa shape index (κ3) is 4.79. The van der Waals surface area contributed by atoms with E-state index in [1.54, 1.807) is 24.3 Å². The Bertz CT molecular complexity index is 921. The number of nitrogens with one attached hydrogen (secondary N) is 1. The predicted molar refractivity (Wildman–Crippen MR) is 104 cm³/mol. The molecule has 10 nitrogen and oxygen atoms in total. The number of fused-ring (bicyclic) bond motifs is 1. The number of halogens is 1. The molecule has 2 aliphatic rings. The number of nitrogens with zero attached hydrogens (tertiary/aromatic N) is 1. The van der Waals surface area contributed by atoms with Crippen LogP contribution < -0.4 is 10.1 Å². The zero-order chi connectivity index (χ0) is 21.8. The molecule has 0 bridgehead atoms. The fourth-order valence-electron chi connectivity index (χ4n) is 2.75. The van der Waals surface area contributed by atoms with Crippen molar-refractivity contribution in [3.8, 4) is 5.75 Å². The summed E-state index contributed by atoms with van der Waals surface area (Å²) in [5, 5.41) is 12.4. The van der Waals surface area contributed by atoms with Crippen LogP contribution in [0.15, 0.2) is 35.7 Å². The minimum Gasteiger partial charge on any atom is -0.509 e. The van der Waals surface area contributed by atoms with Gasteiger partial charge in [-0.25, -0.2) is 4.79 Å². The third-order valence-corrected chi connectivity index (χ3v) is 5.58. The molecule has 30 heavy (non-hydrogen) atoms. The van der Waals surface area contributed by atoms with E-state index in [4.69, 9.17) is 21.1 Å². The van der Waals surface area contributed by atoms with Gasteiger partial charge in [-0.15, -0.1) is 11.8 Å². The maximum atomic E-state index is 12.5. The maximum Gasteiger partial charge on any atom is 0.361 e. The molecule has 0 aliphatic carbocycles. The Morgan fingerprint density at radius 1 is 1.33 bits per heavy atom. The van der Waals surface area contributed by atoms with Crippen LogP contribution >= 0.6 is 23.4 Å². The van der Waals surface area contributed by atoms with Crippen molar-refractivity contribution in [1.29, 1.82) is 0 Å². The van der Waals surface area contributed by atoms with Crippen LogP contribution in [0.1, 0.15) is 6.92 Å². The Morgan fingerprint density at radius 2 is 2.10 bits per heavy atom. The lowest BCUT2D eigenvalue weighted by Crippen LogP contribution is -2.71. The Kier molecular flexibility index (Phi) is 6.73. The van der Waals surface area contributed by atoms with Gasteiger partial charge in [0.2, 0.25) is 6.79 Å². The second kappa shape index (κ2) is 9.26. The van der Waals surface area contributed by atoms with Crippen LogP contribution in [0.4, 0.5) is 0 Å². The Morgan fingerprint density at radius 3 is 2.80 bits per heavy atom. The quantitative estimate of drug-likeness (QED) is 0.349. The Hall–Kier alpha value is -2.92. The number of thioether (sulfide) groups is 1. The lowest BCUT2D eigenvalue weighted by Gasteiger charge is -2.48. The second-order valence-corrected chi connectivity index (χ2v) is 7.72. The van der Waals surface area contributed by atoms with Crippen molar-refractivity contribution in [1.82, 2.24) is 10.2 Å². The van der Waals surface area contributed by atoms with Gasteiger partial charge in [0.05, 0.1) is 5.75 Å². The van der Waals surface area contributed by atoms with Crippen LogP contribution in [0.5, 0.6) is 5.75 Å². The van der Waals surface area contributed by atoms with E-state index >= 15 is 0 Å². The van der Waals surface area contributed by atoms with Crippen molar-refractivity contribution in [3.05, 3.63) is 40.7 Å². The number of amides is 2. The number of carbonyl (C=O) groups excluding carboxylic acids is 4. The zero-order valence-corrected chi connectivity index (χ0v) is 17.2. The first kappa shape index (κ1) is 21.8. The molecule has 0 radical (unpaired) electrons. The molecule has 1 aromatic rings. The Labute approximate surface area is 180 Å². The van der Waals surface area contributed by atoms with Crippen molar-refractivity contribution in [2.45, 2.75) is 18.3 Å². The molecule has 1 fully saturated rings. The average molecular weight is 457 g/mol. The van der Waals surface area contributed by atoms with E-state index in [0.717, 1.165) is 11.8 Å². The van der Waals surface area contributed by atoms with Crippen LogP contribution in [0, 0.1) is 0 Å². The lowest BCUT2D eigenvalue weighted by atomic mass is 10.0. The summed E-state index contributed by atoms with van der Waals surface area (Å²) in [5.74, 6) is -2.69. The predicted octanol–water partition coefficient (Wildman–Crippen LogP) is 0.952. The molecule has 0 aromatic heterocycles. The molecule has 2 aliphatic heterocycles. The van der Waals surface area contributed by atoms with Crippen molar-refractivity contribution >= 4 is 47.1 Å². The number of hydrogen-bond donors (Lipinski definition) is 2. The fourth-order valence-corrected chi connectivity index (χ4v) is 4.13. The smallest absolute Gasteiger partial charge is 0.361 e. The highest BCUT2D eigenvalue weighted by Gasteiger charge is 2.54. The fraction of sp³-hybridized carbons (Fsp3) is 0.333. The molecule has 3 rings (SSSR count). The number of esters is 2. The Balaban J connectivity index is 1.56. The van der Waals surface area contributed by atoms with E-state index in [1.807, 2.05) is 0 Å². The van der Waals surface area contributed by atoms with Crippen LogP contribution in [-0.2, 0) is 28.7 Å². The normalized spacial score (nSPS) is 20.1. The van der Waals surface area contributed by atoms with Gasteiger partial charge in [0.1, 0.15) is 22.9 Å². The van der Waals surface area contributed by atoms with Crippen molar-refractivity contribution in [3.63, 3.8) is 0 Å². The van der Waals surface area contributed by atoms with Crippen LogP contribution in [0.3, 0.4) is 0 Å². The highest BCUT2D eigenvalue weighted by Crippen LogP contribution is 2.39. The molecule has 1 aromatic carbocycles. The molecule has 0 saturated carbocycles. The van der Waals surface area contributed by atoms with Gasteiger partial charge in [0, 0.05) is 11.9 Å². The summed E-state index contributed by atoms with van der Waals surface area (Å²) in [5.41, 5.74) is -0.337. The molecular weight excluding hydrogens is 440 g/mol. The molecule has 12 heteroatoms. The first-order valence-corrected chi connectivity index (χ1v) is 10.1. The average Bonchev–Trinajstić information content (AvgIpc) is 2.70. The molecular formula is C18H17ClN2O8S. The summed E-state index contributed by atoms with van der Waals surface area (Å²) in [6, 6.07) is 5.61. The summed E-state index contributed by atoms with van der Waals surface area (Å²) in [4.78, 5) is 48.6. The van der Waals surface area contributed by atoms with Gasteiger partial charge in [-0.05, 0) is 18.2 Å². The van der Waals surface area contributed by atoms with E-state index < -0.39 is 42.0 Å². The topological polar surface area (TPSA) is 131 Å². The number of ether oxygens (including phenoxy) is 3. The summed E-state index contributed by atoms with van der Waals surface area (Å²) >= 11 is 7.02. The highest BCUT2D eigenvalue weighted by molar-refractivity contribution is 8.00. The molecule has 1 unspecified atom stereocenters. The van der Waals surface area contributed by atoms with Crippen LogP contribution in [0.2, 0.25) is 5.02 Å². The lowest BCUT2D eigenvalue weighted by molar-refractivity contribution is -0.167. The summed E-state index contributed by atoms with van der Waals surface area (Å²) in [7, 11) is 0. The van der Waals surface area contributed by atoms with Gasteiger partial charge in [-0.2, -0.15) is 0 Å². The standard InChI is InChI=1S/C18H17ClN2O8S/c1-9(22)28-8-29-18(26)15-12(23)7-30-17-14(16(25)21(15)17)20-13(24)6-27-11-4-2-3-10(19)5-11/h2-5,14,17,23H,6-8H2,1H3,(H,20,24)/t14?,17-/m1/s1. The molecule has 2 N–H and O–H groups in total. The zero-order valence-electron chi connectivity index (χ0n) is 15.6. The van der Waals surface area contributed by atoms with E-state index in [0.29, 0.717) is 10.8 Å². The van der Waals surface area contributed by atoms with Crippen LogP contribution in [0.25, 0.3) is 0 Å². The molecule has 0 spiro atoms. The monoisotopic (exact) mass is 456 g/mol. The van der Waals surface area contributed by atoms with Gasteiger partial charge in [-0.1, -0.05) is 17.7 Å². The second-order valence-electron chi connectivity index (χ2n) is 6.18. The molecule has 160 valence electrons. The van der Waals surface area contributed by atoms with Gasteiger partial charge in [0.25, 0.3) is 11.8 Å². The highest BCUT2D eigenvalue weighted by atomic mass is 35.5. The SMILES string of the molecule is CC(=O)OCOC(=O)C1=C(O)CS[C@@H]2C(NC(=O)COc3cccc(Cl)c3)C(=O)N12. The molecule has 2 heterocycles. The van der Waals surface area contributed by atoms with Gasteiger partial charge >= 0.3 is 11.9 Å². The van der Waals surface area contributed by atoms with Crippen LogP contribution in [-0.4, -0.2) is 64.3 Å². The van der Waals surface area contributed by atoms with E-state index in [9.17, 15) is 24.3 Å². The minimum atomic E-state index is -1.01. The van der Waals surface area contributed by atoms with E-state index in [-0.39, 0.29) is 23.8 Å². The number of aliphatic hydroxyl groups is 1. The largest absolute Gasteiger partial charge is 0.509 e. The van der Waals surface area contributed by atoms with Crippen molar-refractivity contribution in [2.75, 3.05) is 19.2 Å². The summed E-state index contributed by atoms with van der Waals surface area (Å²) in [6.45, 7) is 0.159. The van der Waals surface area contributed by atoms with Crippen molar-refractivity contribution in [2.24, 2.45) is 0 Å². The number of carbonyl (C=O) groups is 4. The molecule has 2 atom stereocenters. The van der Waals surface area contributed by atoms with E-state index in [2.05, 4.69) is 10.1 Å². The molecule has 1 saturated heterocycles. The summed E-state index contributed by atoms with van der Waals surface area (Å²) < 4.78 is 14.6. The van der Waals surface area contributed by atoms with Gasteiger partial charge in [0.15, 0.2) is 12.3 Å². The van der Waals surface area contributed by atoms with Gasteiger partial charge in [-0.3, -0.25) is 19.3 Å². The molecule has 2 amide bonds. The van der Waals surface area contributed by atoms with Gasteiger partial charge < -0.3 is 24.6 Å². The van der Waals surface area contributed by atoms with E-state index in [1.165, 1.54) is 11.8 Å². The first-order chi connectivity index (χ1) is 14.3. The number of β-lactam (4-membered cyclic amide) rings is 1. The maximum absolute atomic E-state index is 12.5. The number of benzene rings is 1. The minimum absolute atomic E-state index is 0.0395. The number of aliphatic hydroxyl groups excluding tert-OH is 1. The first-order valence-electron chi connectivity index (χ1n) is 8.63. The number of rotatable bonds is 7. The van der Waals surface area contributed by atoms with Crippen molar-refractivity contribution < 1.29 is 38.5 Å². The third-order valence-electron chi connectivity index (χ3n) is 4.08. The summed E-state index contributed by atoms with van der Waals surface area (Å²) in [6.07, 6.45) is 0. The number of hydrogen-bond acceptors (Lipinski definition) is 9.